The topological polar surface area (TPSA) is 18.5 Å². The lowest BCUT2D eigenvalue weighted by Gasteiger charge is -2.02. The van der Waals surface area contributed by atoms with Gasteiger partial charge < -0.3 is 9.47 Å². The summed E-state index contributed by atoms with van der Waals surface area (Å²) in [4.78, 5) is 0. The molecule has 0 fully saturated rings. The minimum Gasteiger partial charge on any atom is -0.359 e. The SMILES string of the molecule is COCO[C](C)C. The van der Waals surface area contributed by atoms with Gasteiger partial charge in [0.1, 0.15) is 6.79 Å². The van der Waals surface area contributed by atoms with Crippen LogP contribution in [0.25, 0.3) is 0 Å². The zero-order valence-corrected chi connectivity index (χ0v) is 5.02. The molecule has 0 bridgehead atoms. The molecule has 0 aliphatic carbocycles. The third kappa shape index (κ3) is 5.92. The average Bonchev–Trinajstić information content (AvgIpc) is 1.61. The number of ether oxygens (including phenoxy) is 2. The van der Waals surface area contributed by atoms with Gasteiger partial charge in [-0.3, -0.25) is 0 Å². The average molecular weight is 103 g/mol. The van der Waals surface area contributed by atoms with Crippen molar-refractivity contribution in [3.8, 4) is 0 Å². The highest BCUT2D eigenvalue weighted by Gasteiger charge is 1.88. The molecule has 2 heteroatoms. The molecule has 0 aliphatic heterocycles. The summed E-state index contributed by atoms with van der Waals surface area (Å²) in [7, 11) is 1.60. The van der Waals surface area contributed by atoms with Gasteiger partial charge >= 0.3 is 0 Å². The Morgan fingerprint density at radius 1 is 1.43 bits per heavy atom. The van der Waals surface area contributed by atoms with E-state index in [-0.39, 0.29) is 0 Å². The van der Waals surface area contributed by atoms with Crippen molar-refractivity contribution in [2.24, 2.45) is 0 Å². The molecule has 0 heterocycles. The minimum atomic E-state index is 0.363. The van der Waals surface area contributed by atoms with E-state index in [1.165, 1.54) is 0 Å². The third-order valence-corrected chi connectivity index (χ3v) is 0.465. The quantitative estimate of drug-likeness (QED) is 0.499. The zero-order valence-electron chi connectivity index (χ0n) is 5.02. The maximum atomic E-state index is 4.89. The molecule has 0 atom stereocenters. The molecule has 0 amide bonds. The smallest absolute Gasteiger partial charge is 0.147 e. The van der Waals surface area contributed by atoms with E-state index < -0.39 is 0 Å². The lowest BCUT2D eigenvalue weighted by atomic mass is 10.5. The van der Waals surface area contributed by atoms with Gasteiger partial charge in [-0.1, -0.05) is 0 Å². The van der Waals surface area contributed by atoms with Crippen molar-refractivity contribution in [3.05, 3.63) is 6.10 Å². The van der Waals surface area contributed by atoms with E-state index in [1.54, 1.807) is 7.11 Å². The fourth-order valence-corrected chi connectivity index (χ4v) is 0.177. The minimum absolute atomic E-state index is 0.363. The first-order valence-electron chi connectivity index (χ1n) is 2.19. The molecule has 0 rings (SSSR count). The largest absolute Gasteiger partial charge is 0.359 e. The molecule has 1 radical (unpaired) electrons. The number of methoxy groups -OCH3 is 1. The molecule has 0 aliphatic rings. The van der Waals surface area contributed by atoms with Gasteiger partial charge in [0.05, 0.1) is 6.10 Å². The van der Waals surface area contributed by atoms with Crippen molar-refractivity contribution >= 4 is 0 Å². The molecule has 0 aromatic carbocycles. The van der Waals surface area contributed by atoms with E-state index in [9.17, 15) is 0 Å². The van der Waals surface area contributed by atoms with Crippen molar-refractivity contribution in [2.45, 2.75) is 13.8 Å². The second-order valence-electron chi connectivity index (χ2n) is 1.46. The molecule has 0 spiro atoms. The second kappa shape index (κ2) is 4.09. The monoisotopic (exact) mass is 103 g/mol. The van der Waals surface area contributed by atoms with E-state index >= 15 is 0 Å². The van der Waals surface area contributed by atoms with Crippen molar-refractivity contribution in [2.75, 3.05) is 13.9 Å². The number of rotatable bonds is 3. The molecule has 7 heavy (non-hydrogen) atoms. The molecule has 0 saturated heterocycles. The summed E-state index contributed by atoms with van der Waals surface area (Å²) < 4.78 is 9.50. The van der Waals surface area contributed by atoms with Crippen molar-refractivity contribution in [3.63, 3.8) is 0 Å². The highest BCUT2D eigenvalue weighted by molar-refractivity contribution is 4.57. The first-order valence-corrected chi connectivity index (χ1v) is 2.19. The van der Waals surface area contributed by atoms with E-state index in [4.69, 9.17) is 4.74 Å². The maximum Gasteiger partial charge on any atom is 0.147 e. The maximum absolute atomic E-state index is 4.89. The molecule has 0 unspecified atom stereocenters. The molecule has 2 nitrogen and oxygen atoms in total. The highest BCUT2D eigenvalue weighted by atomic mass is 16.7. The summed E-state index contributed by atoms with van der Waals surface area (Å²) in [6.45, 7) is 4.14. The zero-order chi connectivity index (χ0) is 5.70. The van der Waals surface area contributed by atoms with Gasteiger partial charge in [-0.15, -0.1) is 0 Å². The summed E-state index contributed by atoms with van der Waals surface area (Å²) in [6, 6.07) is 0. The highest BCUT2D eigenvalue weighted by Crippen LogP contribution is 1.94. The lowest BCUT2D eigenvalue weighted by Crippen LogP contribution is -1.97. The van der Waals surface area contributed by atoms with Gasteiger partial charge in [-0.25, -0.2) is 0 Å². The van der Waals surface area contributed by atoms with Crippen LogP contribution in [-0.2, 0) is 9.47 Å². The summed E-state index contributed by atoms with van der Waals surface area (Å²) in [5, 5.41) is 0. The van der Waals surface area contributed by atoms with Crippen LogP contribution in [0, 0.1) is 6.10 Å². The van der Waals surface area contributed by atoms with Crippen LogP contribution < -0.4 is 0 Å². The second-order valence-corrected chi connectivity index (χ2v) is 1.46. The van der Waals surface area contributed by atoms with Gasteiger partial charge in [-0.2, -0.15) is 0 Å². The van der Waals surface area contributed by atoms with Gasteiger partial charge in [0, 0.05) is 7.11 Å². The number of hydrogen-bond donors (Lipinski definition) is 0. The predicted octanol–water partition coefficient (Wildman–Crippen LogP) is 1.18. The molecule has 0 aromatic rings. The Kier molecular flexibility index (Phi) is 4.04. The first kappa shape index (κ1) is 6.92. The molecular formula is C5H11O2. The van der Waals surface area contributed by atoms with Crippen LogP contribution in [0.15, 0.2) is 0 Å². The fourth-order valence-electron chi connectivity index (χ4n) is 0.177. The van der Waals surface area contributed by atoms with Gasteiger partial charge in [0.15, 0.2) is 0 Å². The summed E-state index contributed by atoms with van der Waals surface area (Å²) in [6.07, 6.45) is 0.932. The van der Waals surface area contributed by atoms with Crippen LogP contribution in [0.2, 0.25) is 0 Å². The van der Waals surface area contributed by atoms with Crippen LogP contribution in [0.1, 0.15) is 13.8 Å². The Balaban J connectivity index is 2.68. The molecule has 43 valence electrons. The molecule has 0 aromatic heterocycles. The fraction of sp³-hybridized carbons (Fsp3) is 0.800. The van der Waals surface area contributed by atoms with Crippen LogP contribution in [0.3, 0.4) is 0 Å². The van der Waals surface area contributed by atoms with Gasteiger partial charge in [0.2, 0.25) is 0 Å². The first-order chi connectivity index (χ1) is 3.27. The summed E-state index contributed by atoms with van der Waals surface area (Å²) in [5.41, 5.74) is 0. The molecular weight excluding hydrogens is 92.1 g/mol. The van der Waals surface area contributed by atoms with E-state index in [1.807, 2.05) is 13.8 Å². The van der Waals surface area contributed by atoms with E-state index in [2.05, 4.69) is 4.74 Å². The Bertz CT molecular complexity index is 35.1. The lowest BCUT2D eigenvalue weighted by molar-refractivity contribution is -0.0189. The molecule has 0 saturated carbocycles. The van der Waals surface area contributed by atoms with Crippen molar-refractivity contribution < 1.29 is 9.47 Å². The van der Waals surface area contributed by atoms with Crippen LogP contribution in [0.4, 0.5) is 0 Å². The summed E-state index contributed by atoms with van der Waals surface area (Å²) >= 11 is 0. The Hall–Kier alpha value is -0.0800. The summed E-state index contributed by atoms with van der Waals surface area (Å²) in [5.74, 6) is 0. The third-order valence-electron chi connectivity index (χ3n) is 0.465. The van der Waals surface area contributed by atoms with Crippen molar-refractivity contribution in [1.82, 2.24) is 0 Å². The van der Waals surface area contributed by atoms with Gasteiger partial charge in [-0.05, 0) is 13.8 Å². The van der Waals surface area contributed by atoms with Crippen molar-refractivity contribution in [1.29, 1.82) is 0 Å². The van der Waals surface area contributed by atoms with E-state index in [0.717, 1.165) is 6.10 Å². The van der Waals surface area contributed by atoms with E-state index in [0.29, 0.717) is 6.79 Å². The van der Waals surface area contributed by atoms with Crippen LogP contribution in [0.5, 0.6) is 0 Å². The predicted molar refractivity (Wildman–Crippen MR) is 27.6 cm³/mol. The Morgan fingerprint density at radius 3 is 2.14 bits per heavy atom. The van der Waals surface area contributed by atoms with Gasteiger partial charge in [0.25, 0.3) is 0 Å². The normalized spacial score (nSPS) is 10.3. The Morgan fingerprint density at radius 2 is 2.00 bits per heavy atom. The van der Waals surface area contributed by atoms with Crippen LogP contribution in [-0.4, -0.2) is 13.9 Å². The van der Waals surface area contributed by atoms with Crippen LogP contribution >= 0.6 is 0 Å². The number of hydrogen-bond acceptors (Lipinski definition) is 2. The molecule has 0 N–H and O–H groups in total. The Labute approximate surface area is 44.4 Å². The standard InChI is InChI=1S/C5H11O2/c1-5(2)7-4-6-3/h4H2,1-3H3.